The van der Waals surface area contributed by atoms with Crippen molar-refractivity contribution in [2.24, 2.45) is 0 Å². The predicted molar refractivity (Wildman–Crippen MR) is 117 cm³/mol. The Hall–Kier alpha value is -2.44. The van der Waals surface area contributed by atoms with Crippen LogP contribution in [-0.2, 0) is 22.9 Å². The molecule has 13 heteroatoms. The molecular formula is C21H24FN4O7P. The fraction of sp³-hybridized carbons (Fsp3) is 0.429. The summed E-state index contributed by atoms with van der Waals surface area (Å²) in [7, 11) is -4.08. The molecule has 182 valence electrons. The van der Waals surface area contributed by atoms with Crippen molar-refractivity contribution >= 4 is 24.7 Å². The van der Waals surface area contributed by atoms with Gasteiger partial charge >= 0.3 is 7.82 Å². The summed E-state index contributed by atoms with van der Waals surface area (Å²) in [5.74, 6) is -0.228. The summed E-state index contributed by atoms with van der Waals surface area (Å²) in [6, 6.07) is 7.69. The number of aromatic nitrogens is 3. The van der Waals surface area contributed by atoms with Gasteiger partial charge in [-0.05, 0) is 19.1 Å². The summed E-state index contributed by atoms with van der Waals surface area (Å²) in [5.41, 5.74) is 4.78. The van der Waals surface area contributed by atoms with Gasteiger partial charge in [0.15, 0.2) is 6.23 Å². The van der Waals surface area contributed by atoms with Crippen LogP contribution in [-0.4, -0.2) is 55.8 Å². The summed E-state index contributed by atoms with van der Waals surface area (Å²) >= 11 is 0. The second kappa shape index (κ2) is 8.65. The van der Waals surface area contributed by atoms with Crippen molar-refractivity contribution < 1.29 is 37.5 Å². The average molecular weight is 494 g/mol. The van der Waals surface area contributed by atoms with Crippen molar-refractivity contribution in [3.8, 4) is 0 Å². The van der Waals surface area contributed by atoms with Gasteiger partial charge in [0.2, 0.25) is 0 Å². The first-order chi connectivity index (χ1) is 16.2. The Morgan fingerprint density at radius 2 is 2.15 bits per heavy atom. The number of hydrogen-bond donors (Lipinski definition) is 3. The Bertz CT molecular complexity index is 1250. The number of aliphatic hydroxyl groups is 2. The van der Waals surface area contributed by atoms with Crippen molar-refractivity contribution in [1.29, 1.82) is 0 Å². The van der Waals surface area contributed by atoms with E-state index in [0.29, 0.717) is 17.5 Å². The molecule has 6 atom stereocenters. The Labute approximate surface area is 193 Å². The second-order valence-corrected chi connectivity index (χ2v) is 10.0. The lowest BCUT2D eigenvalue weighted by molar-refractivity contribution is -0.0951. The number of halogens is 1. The van der Waals surface area contributed by atoms with Crippen LogP contribution in [0.4, 0.5) is 10.2 Å². The van der Waals surface area contributed by atoms with E-state index in [1.807, 2.05) is 0 Å². The number of phosphoric ester groups is 1. The molecule has 0 saturated carbocycles. The van der Waals surface area contributed by atoms with Crippen molar-refractivity contribution in [2.75, 3.05) is 18.9 Å². The molecule has 2 saturated heterocycles. The number of phosphoric acid groups is 1. The molecule has 0 unspecified atom stereocenters. The molecule has 0 radical (unpaired) electrons. The predicted octanol–water partition coefficient (Wildman–Crippen LogP) is 2.46. The van der Waals surface area contributed by atoms with Crippen LogP contribution in [0.25, 0.3) is 11.0 Å². The van der Waals surface area contributed by atoms with E-state index >= 15 is 0 Å². The maximum atomic E-state index is 14.2. The molecular weight excluding hydrogens is 470 g/mol. The van der Waals surface area contributed by atoms with E-state index in [1.54, 1.807) is 30.5 Å². The van der Waals surface area contributed by atoms with E-state index in [9.17, 15) is 19.2 Å². The minimum atomic E-state index is -4.08. The molecule has 0 aliphatic carbocycles. The number of nitrogen functional groups attached to an aromatic ring is 1. The van der Waals surface area contributed by atoms with Gasteiger partial charge in [-0.2, -0.15) is 0 Å². The number of ether oxygens (including phenoxy) is 1. The monoisotopic (exact) mass is 494 g/mol. The topological polar surface area (TPSA) is 151 Å². The van der Waals surface area contributed by atoms with Crippen LogP contribution in [0.15, 0.2) is 42.9 Å². The van der Waals surface area contributed by atoms with Gasteiger partial charge in [-0.25, -0.2) is 18.9 Å². The summed E-state index contributed by atoms with van der Waals surface area (Å²) in [6.45, 7) is 1.02. The van der Waals surface area contributed by atoms with E-state index < -0.39 is 50.4 Å². The van der Waals surface area contributed by atoms with E-state index in [0.717, 1.165) is 0 Å². The van der Waals surface area contributed by atoms with E-state index in [4.69, 9.17) is 24.0 Å². The highest BCUT2D eigenvalue weighted by molar-refractivity contribution is 7.48. The largest absolute Gasteiger partial charge is 0.475 e. The normalized spacial score (nSPS) is 34.0. The van der Waals surface area contributed by atoms with Gasteiger partial charge < -0.3 is 25.3 Å². The van der Waals surface area contributed by atoms with Crippen molar-refractivity contribution in [3.05, 3.63) is 54.2 Å². The Morgan fingerprint density at radius 3 is 2.94 bits per heavy atom. The molecule has 0 amide bonds. The van der Waals surface area contributed by atoms with Crippen LogP contribution in [0.2, 0.25) is 0 Å². The quantitative estimate of drug-likeness (QED) is 0.451. The van der Waals surface area contributed by atoms with Gasteiger partial charge in [0.1, 0.15) is 41.4 Å². The third kappa shape index (κ3) is 4.01. The van der Waals surface area contributed by atoms with E-state index in [2.05, 4.69) is 9.97 Å². The molecule has 2 fully saturated rings. The molecule has 2 aliphatic rings. The minimum absolute atomic E-state index is 0.0289. The summed E-state index contributed by atoms with van der Waals surface area (Å²) in [5, 5.41) is 22.3. The molecule has 4 N–H and O–H groups in total. The number of rotatable bonds is 5. The van der Waals surface area contributed by atoms with Gasteiger partial charge in [0, 0.05) is 18.2 Å². The van der Waals surface area contributed by atoms with Gasteiger partial charge in [-0.3, -0.25) is 13.6 Å². The molecule has 11 nitrogen and oxygen atoms in total. The number of nitrogens with zero attached hydrogens (tertiary/aromatic N) is 3. The van der Waals surface area contributed by atoms with Crippen LogP contribution < -0.4 is 5.73 Å². The zero-order chi connectivity index (χ0) is 24.1. The standard InChI is InChI=1S/C21H24FN4O7P/c1-21(28)17(27)16(32-20(21)26-8-6-13-18(23)24-11-25-19(13)26)10-31-34(29)30-9-7-15(33-34)12-4-2-3-5-14(12)22/h2-6,8,11,15-17,20,27-28H,7,9-10H2,1H3,(H2,23,24,25)/t15-,16+,17+,20+,21+,34+/m0/s1. The molecule has 0 bridgehead atoms. The number of fused-ring (bicyclic) bond motifs is 1. The highest BCUT2D eigenvalue weighted by Crippen LogP contribution is 2.57. The Balaban J connectivity index is 1.31. The Morgan fingerprint density at radius 1 is 1.35 bits per heavy atom. The molecule has 5 rings (SSSR count). The summed E-state index contributed by atoms with van der Waals surface area (Å²) in [6.07, 6.45) is -1.18. The lowest BCUT2D eigenvalue weighted by Crippen LogP contribution is -2.44. The van der Waals surface area contributed by atoms with Gasteiger partial charge in [0.25, 0.3) is 0 Å². The zero-order valence-electron chi connectivity index (χ0n) is 18.2. The van der Waals surface area contributed by atoms with Gasteiger partial charge in [-0.15, -0.1) is 0 Å². The first kappa shape index (κ1) is 23.3. The molecule has 2 aliphatic heterocycles. The second-order valence-electron chi connectivity index (χ2n) is 8.40. The average Bonchev–Trinajstić information content (AvgIpc) is 3.32. The number of nitrogens with two attached hydrogens (primary N) is 1. The smallest absolute Gasteiger partial charge is 0.387 e. The number of aliphatic hydroxyl groups excluding tert-OH is 1. The lowest BCUT2D eigenvalue weighted by atomic mass is 9.96. The fourth-order valence-electron chi connectivity index (χ4n) is 4.25. The highest BCUT2D eigenvalue weighted by atomic mass is 31.2. The number of hydrogen-bond acceptors (Lipinski definition) is 10. The van der Waals surface area contributed by atoms with Crippen LogP contribution in [0.5, 0.6) is 0 Å². The number of anilines is 1. The van der Waals surface area contributed by atoms with Crippen molar-refractivity contribution in [1.82, 2.24) is 14.5 Å². The molecule has 0 spiro atoms. The van der Waals surface area contributed by atoms with Crippen LogP contribution in [0, 0.1) is 5.82 Å². The fourth-order valence-corrected chi connectivity index (χ4v) is 5.63. The summed E-state index contributed by atoms with van der Waals surface area (Å²) < 4.78 is 50.8. The maximum Gasteiger partial charge on any atom is 0.475 e. The van der Waals surface area contributed by atoms with Crippen LogP contribution >= 0.6 is 7.82 Å². The van der Waals surface area contributed by atoms with Crippen LogP contribution in [0.1, 0.15) is 31.2 Å². The minimum Gasteiger partial charge on any atom is -0.387 e. The molecule has 1 aromatic carbocycles. The third-order valence-electron chi connectivity index (χ3n) is 6.08. The molecule has 2 aromatic heterocycles. The molecule has 4 heterocycles. The highest BCUT2D eigenvalue weighted by Gasteiger charge is 2.54. The van der Waals surface area contributed by atoms with Crippen LogP contribution in [0.3, 0.4) is 0 Å². The lowest BCUT2D eigenvalue weighted by Gasteiger charge is -2.30. The third-order valence-corrected chi connectivity index (χ3v) is 7.56. The summed E-state index contributed by atoms with van der Waals surface area (Å²) in [4.78, 5) is 8.12. The van der Waals surface area contributed by atoms with E-state index in [1.165, 1.54) is 23.9 Å². The Kier molecular flexibility index (Phi) is 5.93. The van der Waals surface area contributed by atoms with Crippen molar-refractivity contribution in [3.63, 3.8) is 0 Å². The molecule has 34 heavy (non-hydrogen) atoms. The number of benzene rings is 1. The maximum absolute atomic E-state index is 14.2. The zero-order valence-corrected chi connectivity index (χ0v) is 19.0. The first-order valence-corrected chi connectivity index (χ1v) is 12.1. The van der Waals surface area contributed by atoms with Crippen molar-refractivity contribution in [2.45, 2.75) is 43.5 Å². The first-order valence-electron chi connectivity index (χ1n) is 10.6. The van der Waals surface area contributed by atoms with Gasteiger partial charge in [0.05, 0.1) is 24.7 Å². The molecule has 3 aromatic rings. The van der Waals surface area contributed by atoms with Gasteiger partial charge in [-0.1, -0.05) is 18.2 Å². The van der Waals surface area contributed by atoms with E-state index in [-0.39, 0.29) is 18.0 Å². The SMILES string of the molecule is C[C@@]1(O)[C@H](O)[C@@H](CO[P@@]2(=O)OCC[C@@H](c3ccccc3F)O2)O[C@H]1n1ccc2c(N)ncnc21.